The van der Waals surface area contributed by atoms with E-state index in [1.54, 1.807) is 20.8 Å². The lowest BCUT2D eigenvalue weighted by atomic mass is 10.0. The highest BCUT2D eigenvalue weighted by Crippen LogP contribution is 2.27. The third-order valence-corrected chi connectivity index (χ3v) is 3.39. The van der Waals surface area contributed by atoms with Crippen molar-refractivity contribution < 1.29 is 19.1 Å². The van der Waals surface area contributed by atoms with Crippen molar-refractivity contribution in [1.82, 2.24) is 0 Å². The normalized spacial score (nSPS) is 10.9. The molecule has 0 unspecified atom stereocenters. The molecule has 0 spiro atoms. The summed E-state index contributed by atoms with van der Waals surface area (Å²) >= 11 is 0. The number of carbonyl (C=O) groups is 2. The number of allylic oxidation sites excluding steroid dienone is 1. The first-order chi connectivity index (χ1) is 11.6. The van der Waals surface area contributed by atoms with Crippen molar-refractivity contribution in [2.45, 2.75) is 45.6 Å². The largest absolute Gasteiger partial charge is 0.465 e. The Hall–Kier alpha value is -2.30. The average Bonchev–Trinajstić information content (AvgIpc) is 2.50. The first-order valence-corrected chi connectivity index (χ1v) is 8.42. The maximum absolute atomic E-state index is 11.8. The standard InChI is InChI=1S/C20H29NO4/c1-15(16-9-7-8-10-17(16)21(5)6)11-12-18(22)24-14-13-19(23)25-20(2,3)4/h7-10H,1,11-14H2,2-6H3. The van der Waals surface area contributed by atoms with Crippen LogP contribution in [0.5, 0.6) is 0 Å². The van der Waals surface area contributed by atoms with Gasteiger partial charge in [0.15, 0.2) is 0 Å². The highest BCUT2D eigenvalue weighted by Gasteiger charge is 2.16. The number of para-hydroxylation sites is 1. The number of hydrogen-bond donors (Lipinski definition) is 0. The number of anilines is 1. The Morgan fingerprint density at radius 2 is 1.68 bits per heavy atom. The van der Waals surface area contributed by atoms with Gasteiger partial charge in [-0.15, -0.1) is 0 Å². The Kier molecular flexibility index (Phi) is 7.68. The van der Waals surface area contributed by atoms with Gasteiger partial charge in [0.1, 0.15) is 12.2 Å². The lowest BCUT2D eigenvalue weighted by Crippen LogP contribution is -2.24. The average molecular weight is 347 g/mol. The van der Waals surface area contributed by atoms with E-state index < -0.39 is 5.60 Å². The van der Waals surface area contributed by atoms with E-state index in [4.69, 9.17) is 9.47 Å². The van der Waals surface area contributed by atoms with Crippen LogP contribution in [0.15, 0.2) is 30.8 Å². The van der Waals surface area contributed by atoms with Crippen molar-refractivity contribution in [3.8, 4) is 0 Å². The predicted molar refractivity (Wildman–Crippen MR) is 100 cm³/mol. The van der Waals surface area contributed by atoms with E-state index in [9.17, 15) is 9.59 Å². The molecule has 0 heterocycles. The molecular weight excluding hydrogens is 318 g/mol. The molecule has 1 rings (SSSR count). The zero-order valence-corrected chi connectivity index (χ0v) is 15.9. The highest BCUT2D eigenvalue weighted by molar-refractivity contribution is 5.79. The van der Waals surface area contributed by atoms with Gasteiger partial charge in [-0.05, 0) is 38.8 Å². The van der Waals surface area contributed by atoms with Gasteiger partial charge in [-0.3, -0.25) is 9.59 Å². The summed E-state index contributed by atoms with van der Waals surface area (Å²) in [5.74, 6) is -0.711. The Bertz CT molecular complexity index is 614. The van der Waals surface area contributed by atoms with E-state index in [1.165, 1.54) is 0 Å². The molecule has 0 fully saturated rings. The van der Waals surface area contributed by atoms with E-state index in [1.807, 2.05) is 43.3 Å². The van der Waals surface area contributed by atoms with Crippen molar-refractivity contribution >= 4 is 23.2 Å². The summed E-state index contributed by atoms with van der Waals surface area (Å²) in [6.07, 6.45) is 0.804. The Balaban J connectivity index is 2.40. The van der Waals surface area contributed by atoms with E-state index >= 15 is 0 Å². The Labute approximate surface area is 150 Å². The van der Waals surface area contributed by atoms with Crippen molar-refractivity contribution in [3.63, 3.8) is 0 Å². The van der Waals surface area contributed by atoms with Crippen LogP contribution in [0.1, 0.15) is 45.6 Å². The fraction of sp³-hybridized carbons (Fsp3) is 0.500. The fourth-order valence-electron chi connectivity index (χ4n) is 2.26. The van der Waals surface area contributed by atoms with Crippen LogP contribution in [0.25, 0.3) is 5.57 Å². The lowest BCUT2D eigenvalue weighted by molar-refractivity contribution is -0.157. The SMILES string of the molecule is C=C(CCC(=O)OCCC(=O)OC(C)(C)C)c1ccccc1N(C)C. The van der Waals surface area contributed by atoms with Gasteiger partial charge < -0.3 is 14.4 Å². The zero-order chi connectivity index (χ0) is 19.0. The maximum atomic E-state index is 11.8. The number of hydrogen-bond acceptors (Lipinski definition) is 5. The molecule has 0 bridgehead atoms. The Morgan fingerprint density at radius 3 is 2.28 bits per heavy atom. The Morgan fingerprint density at radius 1 is 1.04 bits per heavy atom. The molecule has 0 atom stereocenters. The first kappa shape index (κ1) is 20.7. The molecule has 25 heavy (non-hydrogen) atoms. The van der Waals surface area contributed by atoms with Crippen LogP contribution in [-0.2, 0) is 19.1 Å². The van der Waals surface area contributed by atoms with Crippen LogP contribution in [0, 0.1) is 0 Å². The second kappa shape index (κ2) is 9.25. The van der Waals surface area contributed by atoms with Gasteiger partial charge in [-0.2, -0.15) is 0 Å². The van der Waals surface area contributed by atoms with Gasteiger partial charge in [0.2, 0.25) is 0 Å². The monoisotopic (exact) mass is 347 g/mol. The van der Waals surface area contributed by atoms with E-state index in [0.717, 1.165) is 16.8 Å². The zero-order valence-electron chi connectivity index (χ0n) is 15.9. The molecule has 138 valence electrons. The number of ether oxygens (including phenoxy) is 2. The molecule has 1 aromatic carbocycles. The number of nitrogens with zero attached hydrogens (tertiary/aromatic N) is 1. The molecule has 0 aliphatic heterocycles. The summed E-state index contributed by atoms with van der Waals surface area (Å²) < 4.78 is 10.3. The van der Waals surface area contributed by atoms with E-state index in [0.29, 0.717) is 6.42 Å². The van der Waals surface area contributed by atoms with Crippen molar-refractivity contribution in [3.05, 3.63) is 36.4 Å². The second-order valence-corrected chi connectivity index (χ2v) is 7.07. The smallest absolute Gasteiger partial charge is 0.309 e. The summed E-state index contributed by atoms with van der Waals surface area (Å²) in [6, 6.07) is 7.93. The third kappa shape index (κ3) is 7.88. The summed E-state index contributed by atoms with van der Waals surface area (Å²) in [5, 5.41) is 0. The van der Waals surface area contributed by atoms with Crippen LogP contribution in [0.2, 0.25) is 0 Å². The van der Waals surface area contributed by atoms with Crippen LogP contribution in [0.3, 0.4) is 0 Å². The van der Waals surface area contributed by atoms with Crippen molar-refractivity contribution in [2.24, 2.45) is 0 Å². The minimum Gasteiger partial charge on any atom is -0.465 e. The molecule has 0 aromatic heterocycles. The molecule has 5 nitrogen and oxygen atoms in total. The second-order valence-electron chi connectivity index (χ2n) is 7.07. The number of benzene rings is 1. The van der Waals surface area contributed by atoms with E-state index in [-0.39, 0.29) is 31.4 Å². The van der Waals surface area contributed by atoms with Crippen molar-refractivity contribution in [2.75, 3.05) is 25.6 Å². The fourth-order valence-corrected chi connectivity index (χ4v) is 2.26. The summed E-state index contributed by atoms with van der Waals surface area (Å²) in [4.78, 5) is 25.4. The minimum absolute atomic E-state index is 0.0362. The molecule has 0 saturated carbocycles. The highest BCUT2D eigenvalue weighted by atomic mass is 16.6. The van der Waals surface area contributed by atoms with Gasteiger partial charge in [-0.25, -0.2) is 0 Å². The molecule has 1 aromatic rings. The summed E-state index contributed by atoms with van der Waals surface area (Å²) in [7, 11) is 3.94. The molecular formula is C20H29NO4. The topological polar surface area (TPSA) is 55.8 Å². The predicted octanol–water partition coefficient (Wildman–Crippen LogP) is 3.82. The quantitative estimate of drug-likeness (QED) is 0.669. The molecule has 0 N–H and O–H groups in total. The van der Waals surface area contributed by atoms with E-state index in [2.05, 4.69) is 6.58 Å². The summed E-state index contributed by atoms with van der Waals surface area (Å²) in [5.41, 5.74) is 2.44. The third-order valence-electron chi connectivity index (χ3n) is 3.39. The van der Waals surface area contributed by atoms with Crippen LogP contribution in [-0.4, -0.2) is 38.2 Å². The van der Waals surface area contributed by atoms with Crippen LogP contribution >= 0.6 is 0 Å². The molecule has 0 aliphatic rings. The molecule has 0 saturated heterocycles. The van der Waals surface area contributed by atoms with Crippen LogP contribution in [0.4, 0.5) is 5.69 Å². The molecule has 5 heteroatoms. The van der Waals surface area contributed by atoms with Gasteiger partial charge in [0.05, 0.1) is 6.42 Å². The number of carbonyl (C=O) groups excluding carboxylic acids is 2. The van der Waals surface area contributed by atoms with Gasteiger partial charge >= 0.3 is 11.9 Å². The van der Waals surface area contributed by atoms with Gasteiger partial charge in [0, 0.05) is 31.8 Å². The maximum Gasteiger partial charge on any atom is 0.309 e. The summed E-state index contributed by atoms with van der Waals surface area (Å²) in [6.45, 7) is 9.52. The van der Waals surface area contributed by atoms with Crippen LogP contribution < -0.4 is 4.90 Å². The molecule has 0 amide bonds. The number of rotatable bonds is 8. The first-order valence-electron chi connectivity index (χ1n) is 8.42. The van der Waals surface area contributed by atoms with Gasteiger partial charge in [0.25, 0.3) is 0 Å². The molecule has 0 aliphatic carbocycles. The van der Waals surface area contributed by atoms with Gasteiger partial charge in [-0.1, -0.05) is 24.8 Å². The number of esters is 2. The lowest BCUT2D eigenvalue weighted by Gasteiger charge is -2.19. The van der Waals surface area contributed by atoms with Crippen molar-refractivity contribution in [1.29, 1.82) is 0 Å². The minimum atomic E-state index is -0.529. The molecule has 0 radical (unpaired) electrons.